The van der Waals surface area contributed by atoms with Gasteiger partial charge in [-0.1, -0.05) is 0 Å². The summed E-state index contributed by atoms with van der Waals surface area (Å²) in [6, 6.07) is 5.09. The summed E-state index contributed by atoms with van der Waals surface area (Å²) in [5, 5.41) is 2.81. The molecule has 0 unspecified atom stereocenters. The molecule has 132 valence electrons. The molecule has 0 spiro atoms. The minimum absolute atomic E-state index is 0.150. The van der Waals surface area contributed by atoms with Crippen LogP contribution in [0.15, 0.2) is 35.4 Å². The van der Waals surface area contributed by atoms with E-state index in [9.17, 15) is 9.59 Å². The van der Waals surface area contributed by atoms with E-state index in [1.807, 2.05) is 6.07 Å². The Kier molecular flexibility index (Phi) is 5.39. The van der Waals surface area contributed by atoms with E-state index < -0.39 is 0 Å². The number of aromatic amines is 1. The number of pyridine rings is 1. The van der Waals surface area contributed by atoms with Crippen LogP contribution in [0.4, 0.5) is 5.95 Å². The molecule has 2 aromatic rings. The summed E-state index contributed by atoms with van der Waals surface area (Å²) in [5.74, 6) is 0.423. The summed E-state index contributed by atoms with van der Waals surface area (Å²) in [5.41, 5.74) is 0.535. The van der Waals surface area contributed by atoms with Crippen molar-refractivity contribution in [3.63, 3.8) is 0 Å². The molecule has 1 fully saturated rings. The topological polar surface area (TPSA) is 94.2 Å². The first kappa shape index (κ1) is 17.1. The SMILES string of the molecule is Cc1ccc(C(=O)NCCN2CCN(c3ncccn3)CC2)c(=O)[nH]1. The Morgan fingerprint density at radius 1 is 1.20 bits per heavy atom. The highest BCUT2D eigenvalue weighted by Gasteiger charge is 2.18. The summed E-state index contributed by atoms with van der Waals surface area (Å²) in [6.45, 7) is 6.53. The lowest BCUT2D eigenvalue weighted by Gasteiger charge is -2.34. The molecular weight excluding hydrogens is 320 g/mol. The van der Waals surface area contributed by atoms with Crippen LogP contribution in [-0.4, -0.2) is 65.0 Å². The van der Waals surface area contributed by atoms with Crippen LogP contribution in [0, 0.1) is 6.92 Å². The van der Waals surface area contributed by atoms with Crippen molar-refractivity contribution in [1.29, 1.82) is 0 Å². The Morgan fingerprint density at radius 3 is 2.60 bits per heavy atom. The van der Waals surface area contributed by atoms with E-state index in [2.05, 4.69) is 30.1 Å². The quantitative estimate of drug-likeness (QED) is 0.796. The van der Waals surface area contributed by atoms with E-state index in [4.69, 9.17) is 0 Å². The molecule has 2 N–H and O–H groups in total. The zero-order chi connectivity index (χ0) is 17.6. The molecule has 1 aliphatic heterocycles. The number of aromatic nitrogens is 3. The molecule has 1 aliphatic rings. The van der Waals surface area contributed by atoms with Gasteiger partial charge in [0.2, 0.25) is 5.95 Å². The first-order chi connectivity index (χ1) is 12.1. The lowest BCUT2D eigenvalue weighted by Crippen LogP contribution is -2.49. The fourth-order valence-electron chi connectivity index (χ4n) is 2.80. The van der Waals surface area contributed by atoms with Crippen LogP contribution in [-0.2, 0) is 0 Å². The molecule has 8 heteroatoms. The summed E-state index contributed by atoms with van der Waals surface area (Å²) >= 11 is 0. The van der Waals surface area contributed by atoms with Crippen LogP contribution in [0.3, 0.4) is 0 Å². The van der Waals surface area contributed by atoms with Crippen LogP contribution in [0.2, 0.25) is 0 Å². The highest BCUT2D eigenvalue weighted by molar-refractivity contribution is 5.93. The fraction of sp³-hybridized carbons (Fsp3) is 0.412. The van der Waals surface area contributed by atoms with Gasteiger partial charge in [0, 0.05) is 57.4 Å². The number of hydrogen-bond acceptors (Lipinski definition) is 6. The maximum absolute atomic E-state index is 12.1. The molecule has 8 nitrogen and oxygen atoms in total. The fourth-order valence-corrected chi connectivity index (χ4v) is 2.80. The molecule has 3 heterocycles. The van der Waals surface area contributed by atoms with Gasteiger partial charge in [0.05, 0.1) is 0 Å². The molecule has 0 bridgehead atoms. The number of hydrogen-bond donors (Lipinski definition) is 2. The van der Waals surface area contributed by atoms with E-state index in [0.717, 1.165) is 44.4 Å². The average molecular weight is 342 g/mol. The number of piperazine rings is 1. The Bertz CT molecular complexity index is 768. The average Bonchev–Trinajstić information content (AvgIpc) is 2.63. The molecule has 1 saturated heterocycles. The van der Waals surface area contributed by atoms with Crippen molar-refractivity contribution in [2.24, 2.45) is 0 Å². The van der Waals surface area contributed by atoms with Crippen molar-refractivity contribution in [2.75, 3.05) is 44.2 Å². The van der Waals surface area contributed by atoms with Crippen molar-refractivity contribution in [3.05, 3.63) is 52.2 Å². The van der Waals surface area contributed by atoms with E-state index in [0.29, 0.717) is 6.54 Å². The predicted octanol–water partition coefficient (Wildman–Crippen LogP) is 0.0253. The van der Waals surface area contributed by atoms with Gasteiger partial charge in [-0.05, 0) is 25.1 Å². The van der Waals surface area contributed by atoms with Crippen LogP contribution in [0.5, 0.6) is 0 Å². The van der Waals surface area contributed by atoms with Crippen LogP contribution in [0.25, 0.3) is 0 Å². The number of rotatable bonds is 5. The minimum Gasteiger partial charge on any atom is -0.351 e. The number of H-pyrrole nitrogens is 1. The second-order valence-corrected chi connectivity index (χ2v) is 6.02. The predicted molar refractivity (Wildman–Crippen MR) is 94.8 cm³/mol. The normalized spacial score (nSPS) is 15.2. The van der Waals surface area contributed by atoms with E-state index >= 15 is 0 Å². The summed E-state index contributed by atoms with van der Waals surface area (Å²) in [6.07, 6.45) is 3.49. The van der Waals surface area contributed by atoms with Crippen LogP contribution >= 0.6 is 0 Å². The number of nitrogens with zero attached hydrogens (tertiary/aromatic N) is 4. The van der Waals surface area contributed by atoms with Crippen molar-refractivity contribution >= 4 is 11.9 Å². The summed E-state index contributed by atoms with van der Waals surface area (Å²) in [4.78, 5) is 39.5. The van der Waals surface area contributed by atoms with Crippen molar-refractivity contribution in [2.45, 2.75) is 6.92 Å². The molecule has 0 radical (unpaired) electrons. The smallest absolute Gasteiger partial charge is 0.260 e. The third-order valence-corrected chi connectivity index (χ3v) is 4.22. The molecule has 0 atom stereocenters. The van der Waals surface area contributed by atoms with Crippen molar-refractivity contribution < 1.29 is 4.79 Å². The third kappa shape index (κ3) is 4.42. The first-order valence-electron chi connectivity index (χ1n) is 8.36. The highest BCUT2D eigenvalue weighted by Crippen LogP contribution is 2.09. The van der Waals surface area contributed by atoms with Crippen molar-refractivity contribution in [3.8, 4) is 0 Å². The minimum atomic E-state index is -0.353. The van der Waals surface area contributed by atoms with Gasteiger partial charge >= 0.3 is 0 Å². The molecule has 2 aromatic heterocycles. The number of nitrogens with one attached hydrogen (secondary N) is 2. The molecule has 0 saturated carbocycles. The zero-order valence-electron chi connectivity index (χ0n) is 14.2. The van der Waals surface area contributed by atoms with E-state index in [-0.39, 0.29) is 17.0 Å². The maximum atomic E-state index is 12.1. The third-order valence-electron chi connectivity index (χ3n) is 4.22. The molecule has 1 amide bonds. The lowest BCUT2D eigenvalue weighted by molar-refractivity contribution is 0.0946. The second-order valence-electron chi connectivity index (χ2n) is 6.02. The molecule has 3 rings (SSSR count). The van der Waals surface area contributed by atoms with Crippen LogP contribution < -0.4 is 15.8 Å². The van der Waals surface area contributed by atoms with Gasteiger partial charge in [-0.25, -0.2) is 9.97 Å². The van der Waals surface area contributed by atoms with Gasteiger partial charge in [0.15, 0.2) is 0 Å². The Labute approximate surface area is 145 Å². The molecular formula is C17H22N6O2. The van der Waals surface area contributed by atoms with Gasteiger partial charge in [-0.15, -0.1) is 0 Å². The monoisotopic (exact) mass is 342 g/mol. The van der Waals surface area contributed by atoms with Gasteiger partial charge in [0.25, 0.3) is 11.5 Å². The second kappa shape index (κ2) is 7.89. The largest absolute Gasteiger partial charge is 0.351 e. The molecule has 25 heavy (non-hydrogen) atoms. The van der Waals surface area contributed by atoms with Crippen molar-refractivity contribution in [1.82, 2.24) is 25.2 Å². The Hall–Kier alpha value is -2.74. The lowest BCUT2D eigenvalue weighted by atomic mass is 10.2. The number of carbonyl (C=O) groups excluding carboxylic acids is 1. The summed E-state index contributed by atoms with van der Waals surface area (Å²) in [7, 11) is 0. The zero-order valence-corrected chi connectivity index (χ0v) is 14.2. The Morgan fingerprint density at radius 2 is 1.92 bits per heavy atom. The molecule has 0 aromatic carbocycles. The Balaban J connectivity index is 1.43. The van der Waals surface area contributed by atoms with Crippen LogP contribution in [0.1, 0.15) is 16.1 Å². The van der Waals surface area contributed by atoms with E-state index in [1.54, 1.807) is 31.5 Å². The highest BCUT2D eigenvalue weighted by atomic mass is 16.2. The van der Waals surface area contributed by atoms with E-state index in [1.165, 1.54) is 0 Å². The number of aryl methyl sites for hydroxylation is 1. The maximum Gasteiger partial charge on any atom is 0.260 e. The number of amides is 1. The number of carbonyl (C=O) groups is 1. The van der Waals surface area contributed by atoms with Gasteiger partial charge in [0.1, 0.15) is 5.56 Å². The number of anilines is 1. The van der Waals surface area contributed by atoms with Gasteiger partial charge in [-0.3, -0.25) is 14.5 Å². The first-order valence-corrected chi connectivity index (χ1v) is 8.36. The van der Waals surface area contributed by atoms with Gasteiger partial charge in [-0.2, -0.15) is 0 Å². The van der Waals surface area contributed by atoms with Gasteiger partial charge < -0.3 is 15.2 Å². The molecule has 0 aliphatic carbocycles. The summed E-state index contributed by atoms with van der Waals surface area (Å²) < 4.78 is 0. The standard InChI is InChI=1S/C17H22N6O2/c1-13-3-4-14(16(25)21-13)15(24)18-7-8-22-9-11-23(12-10-22)17-19-5-2-6-20-17/h2-6H,7-12H2,1H3,(H,18,24)(H,21,25).